The number of hydrazine groups is 1. The Balaban J connectivity index is 1.63. The number of ether oxygens (including phenoxy) is 2. The van der Waals surface area contributed by atoms with Gasteiger partial charge in [0.15, 0.2) is 11.5 Å². The molecule has 0 saturated carbocycles. The third-order valence-electron chi connectivity index (χ3n) is 6.08. The molecule has 0 amide bonds. The lowest BCUT2D eigenvalue weighted by Crippen LogP contribution is -2.51. The molecule has 166 valence electrons. The van der Waals surface area contributed by atoms with Gasteiger partial charge in [-0.1, -0.05) is 60.7 Å². The lowest BCUT2D eigenvalue weighted by Gasteiger charge is -2.41. The van der Waals surface area contributed by atoms with E-state index in [1.807, 2.05) is 36.4 Å². The Morgan fingerprint density at radius 1 is 0.906 bits per heavy atom. The smallest absolute Gasteiger partial charge is 0.161 e. The number of methoxy groups -OCH3 is 2. The van der Waals surface area contributed by atoms with Crippen LogP contribution in [0.25, 0.3) is 0 Å². The number of carbonyl (C=O) groups is 1. The Kier molecular flexibility index (Phi) is 7.20. The average Bonchev–Trinajstić information content (AvgIpc) is 2.86. The van der Waals surface area contributed by atoms with Crippen molar-refractivity contribution in [2.75, 3.05) is 20.8 Å². The molecule has 3 aromatic rings. The van der Waals surface area contributed by atoms with Crippen LogP contribution in [0.4, 0.5) is 0 Å². The Morgan fingerprint density at radius 2 is 1.50 bits per heavy atom. The lowest BCUT2D eigenvalue weighted by atomic mass is 9.99. The van der Waals surface area contributed by atoms with Gasteiger partial charge in [0.25, 0.3) is 0 Å². The first kappa shape index (κ1) is 22.1. The molecule has 0 spiro atoms. The van der Waals surface area contributed by atoms with Gasteiger partial charge in [0, 0.05) is 19.6 Å². The van der Waals surface area contributed by atoms with Crippen molar-refractivity contribution in [2.45, 2.75) is 32.0 Å². The van der Waals surface area contributed by atoms with Crippen molar-refractivity contribution in [1.29, 1.82) is 0 Å². The number of hydrogen-bond donors (Lipinski definition) is 0. The molecule has 0 unspecified atom stereocenters. The third-order valence-corrected chi connectivity index (χ3v) is 6.08. The zero-order valence-electron chi connectivity index (χ0n) is 18.7. The Labute approximate surface area is 190 Å². The van der Waals surface area contributed by atoms with Gasteiger partial charge in [0.1, 0.15) is 6.29 Å². The fraction of sp³-hybridized carbons (Fsp3) is 0.296. The quantitative estimate of drug-likeness (QED) is 0.474. The molecular formula is C27H30N2O3. The molecule has 0 bridgehead atoms. The van der Waals surface area contributed by atoms with Crippen molar-refractivity contribution in [1.82, 2.24) is 10.0 Å². The summed E-state index contributed by atoms with van der Waals surface area (Å²) in [5.74, 6) is 1.50. The number of fused-ring (bicyclic) bond motifs is 1. The summed E-state index contributed by atoms with van der Waals surface area (Å²) >= 11 is 0. The van der Waals surface area contributed by atoms with Crippen LogP contribution < -0.4 is 9.47 Å². The number of aldehydes is 1. The molecule has 3 aromatic carbocycles. The van der Waals surface area contributed by atoms with E-state index in [-0.39, 0.29) is 6.04 Å². The van der Waals surface area contributed by atoms with Gasteiger partial charge in [-0.05, 0) is 47.2 Å². The monoisotopic (exact) mass is 430 g/mol. The van der Waals surface area contributed by atoms with Crippen molar-refractivity contribution in [3.63, 3.8) is 0 Å². The molecule has 0 radical (unpaired) electrons. The Bertz CT molecular complexity index is 1020. The molecule has 1 heterocycles. The summed E-state index contributed by atoms with van der Waals surface area (Å²) in [6, 6.07) is 24.4. The topological polar surface area (TPSA) is 42.0 Å². The fourth-order valence-corrected chi connectivity index (χ4v) is 4.36. The molecule has 1 atom stereocenters. The molecular weight excluding hydrogens is 400 g/mol. The molecule has 5 nitrogen and oxygen atoms in total. The SMILES string of the molecule is COc1cc2c(cc1OC)CN(N(Cc1ccccc1)[C@H](C=O)Cc1ccccc1)CC2. The van der Waals surface area contributed by atoms with Gasteiger partial charge in [0.05, 0.1) is 20.3 Å². The summed E-state index contributed by atoms with van der Waals surface area (Å²) in [6.07, 6.45) is 2.64. The second-order valence-corrected chi connectivity index (χ2v) is 8.09. The van der Waals surface area contributed by atoms with E-state index in [0.29, 0.717) is 13.0 Å². The van der Waals surface area contributed by atoms with E-state index in [9.17, 15) is 4.79 Å². The lowest BCUT2D eigenvalue weighted by molar-refractivity contribution is -0.126. The zero-order valence-corrected chi connectivity index (χ0v) is 18.7. The van der Waals surface area contributed by atoms with Crippen LogP contribution in [0.1, 0.15) is 22.3 Å². The standard InChI is InChI=1S/C27H30N2O3/c1-31-26-16-23-13-14-28(19-24(23)17-27(26)32-2)29(18-22-11-7-4-8-12-22)25(20-30)15-21-9-5-3-6-10-21/h3-12,16-17,20,25H,13-15,18-19H2,1-2H3/t25-/m0/s1. The van der Waals surface area contributed by atoms with Gasteiger partial charge in [-0.25, -0.2) is 10.0 Å². The average molecular weight is 431 g/mol. The molecule has 0 saturated heterocycles. The highest BCUT2D eigenvalue weighted by atomic mass is 16.5. The molecule has 5 heteroatoms. The van der Waals surface area contributed by atoms with Crippen LogP contribution in [0, 0.1) is 0 Å². The van der Waals surface area contributed by atoms with E-state index in [4.69, 9.17) is 9.47 Å². The van der Waals surface area contributed by atoms with E-state index in [1.54, 1.807) is 14.2 Å². The van der Waals surface area contributed by atoms with Crippen LogP contribution in [-0.2, 0) is 30.7 Å². The summed E-state index contributed by atoms with van der Waals surface area (Å²) in [4.78, 5) is 12.3. The maximum atomic E-state index is 12.3. The van der Waals surface area contributed by atoms with Crippen molar-refractivity contribution >= 4 is 6.29 Å². The van der Waals surface area contributed by atoms with Gasteiger partial charge >= 0.3 is 0 Å². The zero-order chi connectivity index (χ0) is 22.3. The van der Waals surface area contributed by atoms with E-state index < -0.39 is 0 Å². The third kappa shape index (κ3) is 5.01. The molecule has 0 N–H and O–H groups in total. The predicted molar refractivity (Wildman–Crippen MR) is 126 cm³/mol. The molecule has 32 heavy (non-hydrogen) atoms. The highest BCUT2D eigenvalue weighted by Crippen LogP contribution is 2.34. The highest BCUT2D eigenvalue weighted by Gasteiger charge is 2.29. The normalized spacial score (nSPS) is 14.6. The van der Waals surface area contributed by atoms with Crippen molar-refractivity contribution in [3.8, 4) is 11.5 Å². The summed E-state index contributed by atoms with van der Waals surface area (Å²) in [7, 11) is 3.33. The molecule has 1 aliphatic heterocycles. The fourth-order valence-electron chi connectivity index (χ4n) is 4.36. The van der Waals surface area contributed by atoms with Crippen molar-refractivity contribution < 1.29 is 14.3 Å². The Hall–Kier alpha value is -3.15. The van der Waals surface area contributed by atoms with Crippen LogP contribution in [0.15, 0.2) is 72.8 Å². The largest absolute Gasteiger partial charge is 0.493 e. The molecule has 1 aliphatic rings. The number of hydrogen-bond acceptors (Lipinski definition) is 5. The molecule has 0 aromatic heterocycles. The van der Waals surface area contributed by atoms with Gasteiger partial charge in [-0.15, -0.1) is 0 Å². The minimum absolute atomic E-state index is 0.251. The summed E-state index contributed by atoms with van der Waals surface area (Å²) in [5.41, 5.74) is 4.82. The van der Waals surface area contributed by atoms with Crippen LogP contribution in [0.3, 0.4) is 0 Å². The van der Waals surface area contributed by atoms with Gasteiger partial charge in [0.2, 0.25) is 0 Å². The van der Waals surface area contributed by atoms with Crippen LogP contribution in [0.5, 0.6) is 11.5 Å². The minimum Gasteiger partial charge on any atom is -0.493 e. The van der Waals surface area contributed by atoms with Crippen molar-refractivity contribution in [3.05, 3.63) is 95.1 Å². The number of carbonyl (C=O) groups excluding carboxylic acids is 1. The number of benzene rings is 3. The first-order valence-electron chi connectivity index (χ1n) is 11.0. The summed E-state index contributed by atoms with van der Waals surface area (Å²) < 4.78 is 11.0. The molecule has 4 rings (SSSR count). The second kappa shape index (κ2) is 10.4. The van der Waals surface area contributed by atoms with E-state index in [0.717, 1.165) is 42.9 Å². The summed E-state index contributed by atoms with van der Waals surface area (Å²) in [5, 5.41) is 4.54. The maximum absolute atomic E-state index is 12.3. The first-order valence-corrected chi connectivity index (χ1v) is 11.0. The Morgan fingerprint density at radius 3 is 2.09 bits per heavy atom. The molecule has 0 fully saturated rings. The second-order valence-electron chi connectivity index (χ2n) is 8.09. The van der Waals surface area contributed by atoms with Crippen LogP contribution in [-0.4, -0.2) is 43.1 Å². The predicted octanol–water partition coefficient (Wildman–Crippen LogP) is 4.29. The number of rotatable bonds is 9. The van der Waals surface area contributed by atoms with Crippen molar-refractivity contribution in [2.24, 2.45) is 0 Å². The first-order chi connectivity index (χ1) is 15.7. The number of nitrogens with zero attached hydrogens (tertiary/aromatic N) is 2. The maximum Gasteiger partial charge on any atom is 0.161 e. The molecule has 0 aliphatic carbocycles. The van der Waals surface area contributed by atoms with Gasteiger partial charge < -0.3 is 14.3 Å². The van der Waals surface area contributed by atoms with E-state index in [2.05, 4.69) is 46.4 Å². The minimum atomic E-state index is -0.251. The van der Waals surface area contributed by atoms with Gasteiger partial charge in [-0.3, -0.25) is 0 Å². The van der Waals surface area contributed by atoms with Crippen LogP contribution >= 0.6 is 0 Å². The highest BCUT2D eigenvalue weighted by molar-refractivity contribution is 5.58. The van der Waals surface area contributed by atoms with Crippen LogP contribution in [0.2, 0.25) is 0 Å². The van der Waals surface area contributed by atoms with Gasteiger partial charge in [-0.2, -0.15) is 0 Å². The summed E-state index contributed by atoms with van der Waals surface area (Å²) in [6.45, 7) is 2.25. The van der Waals surface area contributed by atoms with E-state index in [1.165, 1.54) is 16.7 Å². The van der Waals surface area contributed by atoms with E-state index >= 15 is 0 Å².